The quantitative estimate of drug-likeness (QED) is 0.616. The van der Waals surface area contributed by atoms with Crippen LogP contribution >= 0.6 is 11.6 Å². The number of hydrogen-bond donors (Lipinski definition) is 3. The molecule has 0 aliphatic carbocycles. The van der Waals surface area contributed by atoms with Crippen molar-refractivity contribution in [2.24, 2.45) is 0 Å². The predicted molar refractivity (Wildman–Crippen MR) is 93.6 cm³/mol. The van der Waals surface area contributed by atoms with E-state index in [1.807, 2.05) is 0 Å². The number of nitrogens with one attached hydrogen (secondary N) is 3. The molecule has 0 bridgehead atoms. The lowest BCUT2D eigenvalue weighted by Gasteiger charge is -2.11. The summed E-state index contributed by atoms with van der Waals surface area (Å²) in [4.78, 5) is 23.5. The van der Waals surface area contributed by atoms with Crippen LogP contribution in [0, 0.1) is 0 Å². The highest BCUT2D eigenvalue weighted by atomic mass is 35.5. The summed E-state index contributed by atoms with van der Waals surface area (Å²) in [6.07, 6.45) is 4.06. The number of benzene rings is 1. The number of rotatable bonds is 8. The third-order valence-electron chi connectivity index (χ3n) is 3.10. The van der Waals surface area contributed by atoms with Crippen LogP contribution in [-0.4, -0.2) is 47.2 Å². The van der Waals surface area contributed by atoms with E-state index in [4.69, 9.17) is 16.3 Å². The van der Waals surface area contributed by atoms with Crippen LogP contribution in [0.5, 0.6) is 0 Å². The summed E-state index contributed by atoms with van der Waals surface area (Å²) >= 11 is 6.07. The summed E-state index contributed by atoms with van der Waals surface area (Å²) in [5, 5.41) is 15.9. The molecular formula is C15H19ClN6O3. The van der Waals surface area contributed by atoms with E-state index in [0.717, 1.165) is 0 Å². The Bertz CT molecular complexity index is 707. The van der Waals surface area contributed by atoms with E-state index in [2.05, 4.69) is 26.3 Å². The van der Waals surface area contributed by atoms with E-state index in [9.17, 15) is 9.59 Å². The molecule has 134 valence electrons. The van der Waals surface area contributed by atoms with E-state index < -0.39 is 0 Å². The van der Waals surface area contributed by atoms with Gasteiger partial charge in [-0.05, 0) is 24.6 Å². The first kappa shape index (κ1) is 18.7. The van der Waals surface area contributed by atoms with E-state index >= 15 is 0 Å². The van der Waals surface area contributed by atoms with Gasteiger partial charge in [-0.3, -0.25) is 9.48 Å². The zero-order valence-corrected chi connectivity index (χ0v) is 14.4. The molecule has 9 nitrogen and oxygen atoms in total. The smallest absolute Gasteiger partial charge is 0.319 e. The van der Waals surface area contributed by atoms with Gasteiger partial charge < -0.3 is 20.7 Å². The normalized spacial score (nSPS) is 10.3. The molecular weight excluding hydrogens is 348 g/mol. The number of carbonyl (C=O) groups excluding carboxylic acids is 2. The van der Waals surface area contributed by atoms with Crippen molar-refractivity contribution >= 4 is 34.9 Å². The summed E-state index contributed by atoms with van der Waals surface area (Å²) in [6.45, 7) is 1.06. The Balaban J connectivity index is 1.81. The lowest BCUT2D eigenvalue weighted by atomic mass is 10.2. The molecule has 0 fully saturated rings. The van der Waals surface area contributed by atoms with E-state index in [-0.39, 0.29) is 18.5 Å². The number of carbonyl (C=O) groups is 2. The second kappa shape index (κ2) is 9.60. The molecule has 1 aromatic carbocycles. The maximum absolute atomic E-state index is 11.9. The van der Waals surface area contributed by atoms with Crippen molar-refractivity contribution < 1.29 is 14.3 Å². The molecule has 0 saturated heterocycles. The van der Waals surface area contributed by atoms with Gasteiger partial charge in [-0.15, -0.1) is 5.10 Å². The highest BCUT2D eigenvalue weighted by Crippen LogP contribution is 2.25. The highest BCUT2D eigenvalue weighted by molar-refractivity contribution is 6.33. The first-order valence-corrected chi connectivity index (χ1v) is 7.93. The summed E-state index contributed by atoms with van der Waals surface area (Å²) in [7, 11) is 1.43. The maximum Gasteiger partial charge on any atom is 0.319 e. The number of halogens is 1. The fourth-order valence-electron chi connectivity index (χ4n) is 1.99. The third kappa shape index (κ3) is 6.40. The molecule has 25 heavy (non-hydrogen) atoms. The van der Waals surface area contributed by atoms with Crippen molar-refractivity contribution in [2.75, 3.05) is 30.9 Å². The molecule has 3 amide bonds. The fourth-order valence-corrected chi connectivity index (χ4v) is 2.15. The number of amides is 3. The number of methoxy groups -OCH3 is 1. The number of nitrogens with zero attached hydrogens (tertiary/aromatic N) is 3. The molecule has 0 spiro atoms. The van der Waals surface area contributed by atoms with Crippen LogP contribution in [0.1, 0.15) is 6.42 Å². The lowest BCUT2D eigenvalue weighted by molar-refractivity contribution is -0.119. The van der Waals surface area contributed by atoms with Gasteiger partial charge in [-0.1, -0.05) is 16.8 Å². The second-order valence-corrected chi connectivity index (χ2v) is 5.48. The molecule has 2 rings (SSSR count). The maximum atomic E-state index is 11.9. The number of aryl methyl sites for hydroxylation is 1. The molecule has 10 heteroatoms. The molecule has 0 atom stereocenters. The molecule has 0 aliphatic rings. The van der Waals surface area contributed by atoms with E-state index in [0.29, 0.717) is 35.9 Å². The van der Waals surface area contributed by atoms with Crippen LogP contribution in [0.25, 0.3) is 0 Å². The van der Waals surface area contributed by atoms with Gasteiger partial charge in [-0.2, -0.15) is 0 Å². The van der Waals surface area contributed by atoms with Crippen molar-refractivity contribution in [3.8, 4) is 0 Å². The molecule has 0 unspecified atom stereocenters. The fraction of sp³-hybridized carbons (Fsp3) is 0.333. The summed E-state index contributed by atoms with van der Waals surface area (Å²) in [6, 6.07) is 4.41. The molecule has 1 aromatic heterocycles. The highest BCUT2D eigenvalue weighted by Gasteiger charge is 2.08. The Morgan fingerprint density at radius 1 is 1.32 bits per heavy atom. The van der Waals surface area contributed by atoms with Crippen LogP contribution < -0.4 is 16.0 Å². The molecule has 0 saturated carbocycles. The SMILES string of the molecule is COCC(=O)Nc1ccc(Cl)c(NC(=O)NCCCn2ccnn2)c1. The number of urea groups is 1. The number of aromatic nitrogens is 3. The van der Waals surface area contributed by atoms with Crippen molar-refractivity contribution in [2.45, 2.75) is 13.0 Å². The average Bonchev–Trinajstić information content (AvgIpc) is 3.08. The summed E-state index contributed by atoms with van der Waals surface area (Å²) < 4.78 is 6.43. The van der Waals surface area contributed by atoms with Crippen LogP contribution in [0.2, 0.25) is 5.02 Å². The largest absolute Gasteiger partial charge is 0.375 e. The van der Waals surface area contributed by atoms with Gasteiger partial charge in [0, 0.05) is 32.1 Å². The van der Waals surface area contributed by atoms with Crippen molar-refractivity contribution in [3.05, 3.63) is 35.6 Å². The Morgan fingerprint density at radius 3 is 2.88 bits per heavy atom. The standard InChI is InChI=1S/C15H19ClN6O3/c1-25-10-14(23)19-11-3-4-12(16)13(9-11)20-15(24)17-5-2-7-22-8-6-18-21-22/h3-4,6,8-9H,2,5,7,10H2,1H3,(H,19,23)(H2,17,20,24). The van der Waals surface area contributed by atoms with Crippen molar-refractivity contribution in [1.82, 2.24) is 20.3 Å². The first-order valence-electron chi connectivity index (χ1n) is 7.56. The van der Waals surface area contributed by atoms with Gasteiger partial charge >= 0.3 is 6.03 Å². The van der Waals surface area contributed by atoms with Gasteiger partial charge in [-0.25, -0.2) is 4.79 Å². The Kier molecular flexibility index (Phi) is 7.17. The van der Waals surface area contributed by atoms with Crippen LogP contribution in [0.4, 0.5) is 16.2 Å². The Labute approximate surface area is 149 Å². The summed E-state index contributed by atoms with van der Waals surface area (Å²) in [5.41, 5.74) is 0.901. The van der Waals surface area contributed by atoms with E-state index in [1.165, 1.54) is 7.11 Å². The predicted octanol–water partition coefficient (Wildman–Crippen LogP) is 1.73. The average molecular weight is 367 g/mol. The Morgan fingerprint density at radius 2 is 2.16 bits per heavy atom. The number of ether oxygens (including phenoxy) is 1. The first-order chi connectivity index (χ1) is 12.1. The molecule has 0 aliphatic heterocycles. The number of anilines is 2. The minimum atomic E-state index is -0.388. The zero-order valence-electron chi connectivity index (χ0n) is 13.7. The Hall–Kier alpha value is -2.65. The summed E-state index contributed by atoms with van der Waals surface area (Å²) in [5.74, 6) is -0.298. The van der Waals surface area contributed by atoms with Gasteiger partial charge in [0.25, 0.3) is 0 Å². The zero-order chi connectivity index (χ0) is 18.1. The van der Waals surface area contributed by atoms with Crippen LogP contribution in [0.15, 0.2) is 30.6 Å². The third-order valence-corrected chi connectivity index (χ3v) is 3.42. The van der Waals surface area contributed by atoms with Gasteiger partial charge in [0.1, 0.15) is 6.61 Å². The molecule has 1 heterocycles. The monoisotopic (exact) mass is 366 g/mol. The minimum Gasteiger partial charge on any atom is -0.375 e. The lowest BCUT2D eigenvalue weighted by Crippen LogP contribution is -2.30. The van der Waals surface area contributed by atoms with Gasteiger partial charge in [0.2, 0.25) is 5.91 Å². The van der Waals surface area contributed by atoms with Crippen LogP contribution in [0.3, 0.4) is 0 Å². The number of hydrogen-bond acceptors (Lipinski definition) is 5. The van der Waals surface area contributed by atoms with Gasteiger partial charge in [0.15, 0.2) is 0 Å². The van der Waals surface area contributed by atoms with E-state index in [1.54, 1.807) is 35.3 Å². The molecule has 2 aromatic rings. The molecule has 3 N–H and O–H groups in total. The van der Waals surface area contributed by atoms with Gasteiger partial charge in [0.05, 0.1) is 16.9 Å². The van der Waals surface area contributed by atoms with Crippen molar-refractivity contribution in [3.63, 3.8) is 0 Å². The second-order valence-electron chi connectivity index (χ2n) is 5.08. The molecule has 0 radical (unpaired) electrons. The van der Waals surface area contributed by atoms with Crippen molar-refractivity contribution in [1.29, 1.82) is 0 Å². The van der Waals surface area contributed by atoms with Crippen LogP contribution in [-0.2, 0) is 16.1 Å². The topological polar surface area (TPSA) is 110 Å². The minimum absolute atomic E-state index is 0.0579.